The smallest absolute Gasteiger partial charge is 0.240 e. The summed E-state index contributed by atoms with van der Waals surface area (Å²) >= 11 is 0. The molecule has 0 aliphatic carbocycles. The van der Waals surface area contributed by atoms with Gasteiger partial charge in [0.05, 0.1) is 18.1 Å². The first-order chi connectivity index (χ1) is 15.8. The van der Waals surface area contributed by atoms with Crippen molar-refractivity contribution in [2.45, 2.75) is 66.2 Å². The third-order valence-electron chi connectivity index (χ3n) is 6.19. The number of rotatable bonds is 8. The predicted molar refractivity (Wildman–Crippen MR) is 133 cm³/mol. The SMILES string of the molecule is Cc1cccc(CN2CCC(NCc3cncn3Cc3ccc(CC(C)(C)C)cc3)C2=O)c1. The van der Waals surface area contributed by atoms with E-state index in [2.05, 4.69) is 91.1 Å². The van der Waals surface area contributed by atoms with Crippen LogP contribution in [0.5, 0.6) is 0 Å². The lowest BCUT2D eigenvalue weighted by Crippen LogP contribution is -2.38. The van der Waals surface area contributed by atoms with Crippen molar-refractivity contribution in [3.8, 4) is 0 Å². The number of likely N-dealkylation sites (tertiary alicyclic amines) is 1. The molecular weight excluding hydrogens is 408 g/mol. The van der Waals surface area contributed by atoms with Gasteiger partial charge in [-0.1, -0.05) is 74.9 Å². The van der Waals surface area contributed by atoms with Gasteiger partial charge in [-0.05, 0) is 41.9 Å². The van der Waals surface area contributed by atoms with Crippen LogP contribution in [0.15, 0.2) is 61.1 Å². The van der Waals surface area contributed by atoms with E-state index in [1.165, 1.54) is 22.3 Å². The van der Waals surface area contributed by atoms with E-state index in [9.17, 15) is 4.79 Å². The van der Waals surface area contributed by atoms with E-state index in [1.54, 1.807) is 0 Å². The lowest BCUT2D eigenvalue weighted by Gasteiger charge is -2.18. The molecule has 1 aliphatic heterocycles. The van der Waals surface area contributed by atoms with Crippen LogP contribution in [0.2, 0.25) is 0 Å². The summed E-state index contributed by atoms with van der Waals surface area (Å²) in [6.07, 6.45) is 5.68. The number of hydrogen-bond acceptors (Lipinski definition) is 3. The maximum absolute atomic E-state index is 12.9. The van der Waals surface area contributed by atoms with Crippen molar-refractivity contribution in [3.05, 3.63) is 89.0 Å². The number of benzene rings is 2. The Morgan fingerprint density at radius 2 is 1.79 bits per heavy atom. The predicted octanol–water partition coefficient (Wildman–Crippen LogP) is 4.72. The van der Waals surface area contributed by atoms with Gasteiger partial charge in [0, 0.05) is 32.4 Å². The number of hydrogen-bond donors (Lipinski definition) is 1. The van der Waals surface area contributed by atoms with Crippen LogP contribution in [0.3, 0.4) is 0 Å². The fourth-order valence-electron chi connectivity index (χ4n) is 4.55. The minimum Gasteiger partial charge on any atom is -0.337 e. The average molecular weight is 445 g/mol. The molecule has 0 radical (unpaired) electrons. The molecule has 3 aromatic rings. The fourth-order valence-corrected chi connectivity index (χ4v) is 4.55. The molecule has 2 heterocycles. The topological polar surface area (TPSA) is 50.2 Å². The van der Waals surface area contributed by atoms with Gasteiger partial charge >= 0.3 is 0 Å². The zero-order chi connectivity index (χ0) is 23.4. The number of amides is 1. The van der Waals surface area contributed by atoms with Gasteiger partial charge in [-0.25, -0.2) is 4.98 Å². The largest absolute Gasteiger partial charge is 0.337 e. The second-order valence-electron chi connectivity index (χ2n) is 10.5. The molecule has 1 aliphatic rings. The molecule has 33 heavy (non-hydrogen) atoms. The first-order valence-corrected chi connectivity index (χ1v) is 11.9. The fraction of sp³-hybridized carbons (Fsp3) is 0.429. The van der Waals surface area contributed by atoms with Gasteiger partial charge in [0.2, 0.25) is 5.91 Å². The highest BCUT2D eigenvalue weighted by molar-refractivity contribution is 5.83. The van der Waals surface area contributed by atoms with Crippen LogP contribution in [0.4, 0.5) is 0 Å². The van der Waals surface area contributed by atoms with Gasteiger partial charge in [0.15, 0.2) is 0 Å². The summed E-state index contributed by atoms with van der Waals surface area (Å²) in [6.45, 7) is 11.8. The Morgan fingerprint density at radius 1 is 1.03 bits per heavy atom. The van der Waals surface area contributed by atoms with Crippen LogP contribution in [-0.2, 0) is 30.8 Å². The molecule has 1 fully saturated rings. The molecule has 0 bridgehead atoms. The number of aromatic nitrogens is 2. The van der Waals surface area contributed by atoms with Crippen molar-refractivity contribution in [1.29, 1.82) is 0 Å². The molecule has 0 saturated carbocycles. The van der Waals surface area contributed by atoms with E-state index in [4.69, 9.17) is 0 Å². The van der Waals surface area contributed by atoms with Crippen molar-refractivity contribution in [3.63, 3.8) is 0 Å². The molecule has 2 aromatic carbocycles. The van der Waals surface area contributed by atoms with Crippen molar-refractivity contribution in [2.75, 3.05) is 6.54 Å². The highest BCUT2D eigenvalue weighted by Crippen LogP contribution is 2.21. The van der Waals surface area contributed by atoms with Crippen LogP contribution in [0.25, 0.3) is 0 Å². The maximum atomic E-state index is 12.9. The summed E-state index contributed by atoms with van der Waals surface area (Å²) in [5, 5.41) is 3.47. The Labute approximate surface area is 197 Å². The minimum absolute atomic E-state index is 0.130. The molecular formula is C28H36N4O. The summed E-state index contributed by atoms with van der Waals surface area (Å²) < 4.78 is 2.16. The zero-order valence-electron chi connectivity index (χ0n) is 20.3. The van der Waals surface area contributed by atoms with Crippen molar-refractivity contribution in [2.24, 2.45) is 5.41 Å². The van der Waals surface area contributed by atoms with Gasteiger partial charge in [-0.3, -0.25) is 4.79 Å². The van der Waals surface area contributed by atoms with Gasteiger partial charge in [0.25, 0.3) is 0 Å². The Morgan fingerprint density at radius 3 is 2.52 bits per heavy atom. The second-order valence-corrected chi connectivity index (χ2v) is 10.5. The summed E-state index contributed by atoms with van der Waals surface area (Å²) in [5.74, 6) is 0.192. The number of nitrogens with zero attached hydrogens (tertiary/aromatic N) is 3. The van der Waals surface area contributed by atoms with E-state index < -0.39 is 0 Å². The second kappa shape index (κ2) is 9.92. The lowest BCUT2D eigenvalue weighted by molar-refractivity contribution is -0.129. The molecule has 1 aromatic heterocycles. The van der Waals surface area contributed by atoms with Crippen LogP contribution in [-0.4, -0.2) is 32.9 Å². The average Bonchev–Trinajstić information content (AvgIpc) is 3.33. The number of aryl methyl sites for hydroxylation is 1. The van der Waals surface area contributed by atoms with Crippen LogP contribution in [0, 0.1) is 12.3 Å². The molecule has 1 N–H and O–H groups in total. The third kappa shape index (κ3) is 6.32. The van der Waals surface area contributed by atoms with Crippen molar-refractivity contribution in [1.82, 2.24) is 19.8 Å². The van der Waals surface area contributed by atoms with Gasteiger partial charge < -0.3 is 14.8 Å². The molecule has 1 saturated heterocycles. The Bertz CT molecular complexity index is 1080. The molecule has 1 amide bonds. The van der Waals surface area contributed by atoms with Gasteiger partial charge in [0.1, 0.15) is 0 Å². The number of nitrogens with one attached hydrogen (secondary N) is 1. The van der Waals surface area contributed by atoms with Crippen LogP contribution in [0.1, 0.15) is 55.1 Å². The molecule has 4 rings (SSSR count). The van der Waals surface area contributed by atoms with Crippen molar-refractivity contribution < 1.29 is 4.79 Å². The Hall–Kier alpha value is -2.92. The first kappa shape index (κ1) is 23.2. The molecule has 0 spiro atoms. The molecule has 1 atom stereocenters. The number of carbonyl (C=O) groups excluding carboxylic acids is 1. The van der Waals surface area contributed by atoms with Gasteiger partial charge in [-0.15, -0.1) is 0 Å². The quantitative estimate of drug-likeness (QED) is 0.547. The van der Waals surface area contributed by atoms with Crippen LogP contribution < -0.4 is 5.32 Å². The highest BCUT2D eigenvalue weighted by Gasteiger charge is 2.31. The van der Waals surface area contributed by atoms with E-state index in [-0.39, 0.29) is 17.4 Å². The van der Waals surface area contributed by atoms with E-state index >= 15 is 0 Å². The Kier molecular flexibility index (Phi) is 6.99. The van der Waals surface area contributed by atoms with E-state index in [1.807, 2.05) is 17.4 Å². The summed E-state index contributed by atoms with van der Waals surface area (Å²) in [4.78, 5) is 19.2. The zero-order valence-corrected chi connectivity index (χ0v) is 20.3. The first-order valence-electron chi connectivity index (χ1n) is 11.9. The minimum atomic E-state index is -0.130. The molecule has 5 heteroatoms. The van der Waals surface area contributed by atoms with E-state index in [0.717, 1.165) is 31.6 Å². The lowest BCUT2D eigenvalue weighted by atomic mass is 9.88. The third-order valence-corrected chi connectivity index (χ3v) is 6.19. The van der Waals surface area contributed by atoms with E-state index in [0.29, 0.717) is 13.1 Å². The molecule has 1 unspecified atom stereocenters. The standard InChI is InChI=1S/C28H36N4O/c1-21-6-5-7-24(14-21)19-31-13-12-26(27(31)33)30-17-25-16-29-20-32(25)18-23-10-8-22(9-11-23)15-28(2,3)4/h5-11,14,16,20,26,30H,12-13,15,17-19H2,1-4H3. The van der Waals surface area contributed by atoms with Crippen molar-refractivity contribution >= 4 is 5.91 Å². The highest BCUT2D eigenvalue weighted by atomic mass is 16.2. The number of imidazole rings is 1. The molecule has 5 nitrogen and oxygen atoms in total. The summed E-state index contributed by atoms with van der Waals surface area (Å²) in [7, 11) is 0. The van der Waals surface area contributed by atoms with Gasteiger partial charge in [-0.2, -0.15) is 0 Å². The number of carbonyl (C=O) groups is 1. The summed E-state index contributed by atoms with van der Waals surface area (Å²) in [6, 6.07) is 17.1. The Balaban J connectivity index is 1.31. The monoisotopic (exact) mass is 444 g/mol. The normalized spacial score (nSPS) is 16.5. The van der Waals surface area contributed by atoms with Crippen LogP contribution >= 0.6 is 0 Å². The summed E-state index contributed by atoms with van der Waals surface area (Å²) in [5.41, 5.74) is 6.43. The molecule has 174 valence electrons. The maximum Gasteiger partial charge on any atom is 0.240 e.